The molecule has 0 bridgehead atoms. The molecule has 0 saturated heterocycles. The number of amides is 1. The lowest BCUT2D eigenvalue weighted by Gasteiger charge is -2.14. The van der Waals surface area contributed by atoms with E-state index in [2.05, 4.69) is 10.5 Å². The van der Waals surface area contributed by atoms with E-state index in [0.717, 1.165) is 0 Å². The summed E-state index contributed by atoms with van der Waals surface area (Å²) in [7, 11) is 0. The first kappa shape index (κ1) is 19.3. The van der Waals surface area contributed by atoms with E-state index in [9.17, 15) is 9.59 Å². The number of aryl methyl sites for hydroxylation is 1. The molecule has 0 aliphatic heterocycles. The summed E-state index contributed by atoms with van der Waals surface area (Å²) in [6, 6.07) is 4.66. The third-order valence-electron chi connectivity index (χ3n) is 3.46. The SMILES string of the molecule is Cc1noc(C(C)C)c1C(=O)O[C@@H](C)C(=O)Nc1ccc(Cl)cc1Cl. The van der Waals surface area contributed by atoms with Gasteiger partial charge in [0.25, 0.3) is 5.91 Å². The van der Waals surface area contributed by atoms with Crippen molar-refractivity contribution in [2.45, 2.75) is 39.7 Å². The van der Waals surface area contributed by atoms with E-state index in [4.69, 9.17) is 32.5 Å². The van der Waals surface area contributed by atoms with Gasteiger partial charge in [0, 0.05) is 10.9 Å². The van der Waals surface area contributed by atoms with Crippen LogP contribution in [0.15, 0.2) is 22.7 Å². The number of hydrogen-bond acceptors (Lipinski definition) is 5. The Labute approximate surface area is 155 Å². The highest BCUT2D eigenvalue weighted by Gasteiger charge is 2.27. The second-order valence-electron chi connectivity index (χ2n) is 5.82. The number of carbonyl (C=O) groups excluding carboxylic acids is 2. The Morgan fingerprint density at radius 1 is 1.24 bits per heavy atom. The van der Waals surface area contributed by atoms with Gasteiger partial charge >= 0.3 is 5.97 Å². The Balaban J connectivity index is 2.08. The van der Waals surface area contributed by atoms with Crippen molar-refractivity contribution in [2.24, 2.45) is 0 Å². The standard InChI is InChI=1S/C17H18Cl2N2O4/c1-8(2)15-14(9(3)21-25-15)17(23)24-10(4)16(22)20-13-6-5-11(18)7-12(13)19/h5-8,10H,1-4H3,(H,20,22)/t10-/m0/s1. The summed E-state index contributed by atoms with van der Waals surface area (Å²) in [4.78, 5) is 24.6. The third kappa shape index (κ3) is 4.52. The number of nitrogens with zero attached hydrogens (tertiary/aromatic N) is 1. The topological polar surface area (TPSA) is 81.4 Å². The van der Waals surface area contributed by atoms with Crippen LogP contribution in [0.3, 0.4) is 0 Å². The van der Waals surface area contributed by atoms with Crippen LogP contribution in [-0.2, 0) is 9.53 Å². The van der Waals surface area contributed by atoms with Gasteiger partial charge < -0.3 is 14.6 Å². The number of carbonyl (C=O) groups is 2. The molecule has 0 fully saturated rings. The van der Waals surface area contributed by atoms with Crippen molar-refractivity contribution in [3.05, 3.63) is 45.3 Å². The lowest BCUT2D eigenvalue weighted by atomic mass is 10.1. The number of anilines is 1. The molecule has 134 valence electrons. The van der Waals surface area contributed by atoms with Gasteiger partial charge in [0.15, 0.2) is 11.9 Å². The van der Waals surface area contributed by atoms with Gasteiger partial charge in [-0.3, -0.25) is 4.79 Å². The average Bonchev–Trinajstić information content (AvgIpc) is 2.91. The molecule has 0 radical (unpaired) electrons. The van der Waals surface area contributed by atoms with E-state index in [1.807, 2.05) is 13.8 Å². The van der Waals surface area contributed by atoms with E-state index in [-0.39, 0.29) is 16.5 Å². The van der Waals surface area contributed by atoms with Gasteiger partial charge in [0.05, 0.1) is 16.4 Å². The van der Waals surface area contributed by atoms with Crippen molar-refractivity contribution >= 4 is 40.8 Å². The summed E-state index contributed by atoms with van der Waals surface area (Å²) in [5, 5.41) is 7.13. The number of benzene rings is 1. The van der Waals surface area contributed by atoms with Gasteiger partial charge in [-0.25, -0.2) is 4.79 Å². The molecule has 6 nitrogen and oxygen atoms in total. The number of nitrogens with one attached hydrogen (secondary N) is 1. The molecule has 25 heavy (non-hydrogen) atoms. The van der Waals surface area contributed by atoms with E-state index in [1.165, 1.54) is 13.0 Å². The van der Waals surface area contributed by atoms with Gasteiger partial charge in [-0.1, -0.05) is 42.2 Å². The maximum absolute atomic E-state index is 12.4. The molecule has 8 heteroatoms. The zero-order valence-corrected chi connectivity index (χ0v) is 15.7. The number of ether oxygens (including phenoxy) is 1. The molecular formula is C17H18Cl2N2O4. The summed E-state index contributed by atoms with van der Waals surface area (Å²) >= 11 is 11.8. The Bertz CT molecular complexity index is 802. The fourth-order valence-corrected chi connectivity index (χ4v) is 2.58. The van der Waals surface area contributed by atoms with Crippen LogP contribution in [0.1, 0.15) is 48.5 Å². The van der Waals surface area contributed by atoms with E-state index >= 15 is 0 Å². The zero-order valence-electron chi connectivity index (χ0n) is 14.2. The molecule has 2 aromatic rings. The van der Waals surface area contributed by atoms with Crippen LogP contribution in [0, 0.1) is 6.92 Å². The Hall–Kier alpha value is -2.05. The fraction of sp³-hybridized carbons (Fsp3) is 0.353. The summed E-state index contributed by atoms with van der Waals surface area (Å²) in [6.45, 7) is 6.85. The minimum atomic E-state index is -1.03. The maximum atomic E-state index is 12.4. The van der Waals surface area contributed by atoms with E-state index in [1.54, 1.807) is 19.1 Å². The molecule has 1 aromatic carbocycles. The highest BCUT2D eigenvalue weighted by atomic mass is 35.5. The number of esters is 1. The Kier molecular flexibility index (Phi) is 6.08. The first-order valence-corrected chi connectivity index (χ1v) is 8.39. The Morgan fingerprint density at radius 2 is 1.92 bits per heavy atom. The van der Waals surface area contributed by atoms with Crippen LogP contribution >= 0.6 is 23.2 Å². The Morgan fingerprint density at radius 3 is 2.52 bits per heavy atom. The highest BCUT2D eigenvalue weighted by Crippen LogP contribution is 2.26. The molecule has 1 amide bonds. The predicted octanol–water partition coefficient (Wildman–Crippen LogP) is 4.60. The highest BCUT2D eigenvalue weighted by molar-refractivity contribution is 6.36. The normalized spacial score (nSPS) is 12.1. The predicted molar refractivity (Wildman–Crippen MR) is 95.3 cm³/mol. The van der Waals surface area contributed by atoms with Gasteiger partial charge in [0.1, 0.15) is 5.56 Å². The van der Waals surface area contributed by atoms with Gasteiger partial charge in [-0.2, -0.15) is 0 Å². The summed E-state index contributed by atoms with van der Waals surface area (Å²) in [5.74, 6) is -0.790. The summed E-state index contributed by atoms with van der Waals surface area (Å²) in [6.07, 6.45) is -1.03. The van der Waals surface area contributed by atoms with Crippen LogP contribution in [0.4, 0.5) is 5.69 Å². The molecule has 0 aliphatic carbocycles. The first-order valence-electron chi connectivity index (χ1n) is 7.63. The molecule has 0 spiro atoms. The van der Waals surface area contributed by atoms with Gasteiger partial charge in [-0.05, 0) is 32.0 Å². The molecular weight excluding hydrogens is 367 g/mol. The average molecular weight is 385 g/mol. The second kappa shape index (κ2) is 7.89. The summed E-state index contributed by atoms with van der Waals surface area (Å²) in [5.41, 5.74) is 1.05. The molecule has 1 atom stereocenters. The fourth-order valence-electron chi connectivity index (χ4n) is 2.13. The molecule has 1 N–H and O–H groups in total. The number of halogens is 2. The van der Waals surface area contributed by atoms with Crippen molar-refractivity contribution in [3.63, 3.8) is 0 Å². The van der Waals surface area contributed by atoms with Crippen LogP contribution in [0.5, 0.6) is 0 Å². The quantitative estimate of drug-likeness (QED) is 0.761. The zero-order chi connectivity index (χ0) is 18.7. The molecule has 2 rings (SSSR count). The van der Waals surface area contributed by atoms with Crippen molar-refractivity contribution in [3.8, 4) is 0 Å². The van der Waals surface area contributed by atoms with Crippen molar-refractivity contribution in [1.82, 2.24) is 5.16 Å². The largest absolute Gasteiger partial charge is 0.449 e. The van der Waals surface area contributed by atoms with E-state index in [0.29, 0.717) is 22.2 Å². The lowest BCUT2D eigenvalue weighted by molar-refractivity contribution is -0.123. The molecule has 1 aromatic heterocycles. The van der Waals surface area contributed by atoms with Crippen molar-refractivity contribution < 1.29 is 18.8 Å². The number of aromatic nitrogens is 1. The van der Waals surface area contributed by atoms with Gasteiger partial charge in [0.2, 0.25) is 0 Å². The molecule has 0 aliphatic rings. The van der Waals surface area contributed by atoms with E-state index < -0.39 is 18.0 Å². The monoisotopic (exact) mass is 384 g/mol. The maximum Gasteiger partial charge on any atom is 0.344 e. The first-order chi connectivity index (χ1) is 11.7. The minimum Gasteiger partial charge on any atom is -0.449 e. The summed E-state index contributed by atoms with van der Waals surface area (Å²) < 4.78 is 10.4. The molecule has 0 saturated carbocycles. The molecule has 0 unspecified atom stereocenters. The number of rotatable bonds is 5. The second-order valence-corrected chi connectivity index (χ2v) is 6.67. The van der Waals surface area contributed by atoms with Crippen LogP contribution < -0.4 is 5.32 Å². The third-order valence-corrected chi connectivity index (χ3v) is 4.01. The van der Waals surface area contributed by atoms with Crippen molar-refractivity contribution in [2.75, 3.05) is 5.32 Å². The minimum absolute atomic E-state index is 0.0410. The van der Waals surface area contributed by atoms with Crippen LogP contribution in [-0.4, -0.2) is 23.1 Å². The lowest BCUT2D eigenvalue weighted by Crippen LogP contribution is -2.30. The van der Waals surface area contributed by atoms with Crippen LogP contribution in [0.2, 0.25) is 10.0 Å². The number of hydrogen-bond donors (Lipinski definition) is 1. The van der Waals surface area contributed by atoms with Crippen LogP contribution in [0.25, 0.3) is 0 Å². The smallest absolute Gasteiger partial charge is 0.344 e. The van der Waals surface area contributed by atoms with Gasteiger partial charge in [-0.15, -0.1) is 0 Å². The molecule has 1 heterocycles. The van der Waals surface area contributed by atoms with Crippen molar-refractivity contribution in [1.29, 1.82) is 0 Å².